The Bertz CT molecular complexity index is 798. The lowest BCUT2D eigenvalue weighted by molar-refractivity contribution is 0.103. The van der Waals surface area contributed by atoms with Crippen molar-refractivity contribution in [3.8, 4) is 0 Å². The van der Waals surface area contributed by atoms with Crippen LogP contribution in [0.3, 0.4) is 0 Å². The van der Waals surface area contributed by atoms with Gasteiger partial charge in [0.05, 0.1) is 16.3 Å². The average Bonchev–Trinajstić information content (AvgIpc) is 3.10. The molecule has 1 N–H and O–H groups in total. The summed E-state index contributed by atoms with van der Waals surface area (Å²) in [5.74, 6) is -0.00265. The first-order chi connectivity index (χ1) is 10.5. The molecule has 5 nitrogen and oxygen atoms in total. The van der Waals surface area contributed by atoms with E-state index in [1.165, 1.54) is 15.6 Å². The minimum absolute atomic E-state index is 0.178. The zero-order chi connectivity index (χ0) is 15.7. The third kappa shape index (κ3) is 2.86. The third-order valence-electron chi connectivity index (χ3n) is 3.60. The fourth-order valence-electron chi connectivity index (χ4n) is 2.42. The fourth-order valence-corrected chi connectivity index (χ4v) is 4.60. The molecule has 0 atom stereocenters. The average molecular weight is 336 g/mol. The van der Waals surface area contributed by atoms with Crippen LogP contribution in [0.15, 0.2) is 35.7 Å². The van der Waals surface area contributed by atoms with Gasteiger partial charge in [0.15, 0.2) is 0 Å². The molecule has 0 unspecified atom stereocenters. The van der Waals surface area contributed by atoms with Gasteiger partial charge in [-0.3, -0.25) is 9.10 Å². The summed E-state index contributed by atoms with van der Waals surface area (Å²) >= 11 is 1.37. The first-order valence-corrected chi connectivity index (χ1v) is 9.42. The van der Waals surface area contributed by atoms with Crippen LogP contribution in [0.1, 0.15) is 21.7 Å². The minimum Gasteiger partial charge on any atom is -0.321 e. The molecule has 1 aliphatic rings. The number of carbonyl (C=O) groups excluding carboxylic acids is 1. The number of amides is 1. The largest absolute Gasteiger partial charge is 0.321 e. The van der Waals surface area contributed by atoms with Crippen molar-refractivity contribution in [2.75, 3.05) is 21.9 Å². The van der Waals surface area contributed by atoms with Crippen LogP contribution in [0.5, 0.6) is 0 Å². The van der Waals surface area contributed by atoms with Crippen molar-refractivity contribution < 1.29 is 13.2 Å². The van der Waals surface area contributed by atoms with Crippen molar-refractivity contribution in [1.82, 2.24) is 0 Å². The highest BCUT2D eigenvalue weighted by Gasteiger charge is 2.28. The highest BCUT2D eigenvalue weighted by atomic mass is 32.2. The van der Waals surface area contributed by atoms with Gasteiger partial charge in [-0.1, -0.05) is 12.1 Å². The Labute approximate surface area is 133 Å². The molecule has 1 aromatic carbocycles. The van der Waals surface area contributed by atoms with Crippen LogP contribution in [0, 0.1) is 6.92 Å². The summed E-state index contributed by atoms with van der Waals surface area (Å²) in [5.41, 5.74) is 2.13. The Morgan fingerprint density at radius 1 is 1.32 bits per heavy atom. The third-order valence-corrected chi connectivity index (χ3v) is 6.34. The van der Waals surface area contributed by atoms with E-state index in [0.717, 1.165) is 5.56 Å². The summed E-state index contributed by atoms with van der Waals surface area (Å²) in [4.78, 5) is 12.8. The predicted octanol–water partition coefficient (Wildman–Crippen LogP) is 2.85. The van der Waals surface area contributed by atoms with Crippen LogP contribution >= 0.6 is 11.3 Å². The number of benzene rings is 1. The molecule has 116 valence electrons. The molecule has 0 spiro atoms. The molecule has 0 aliphatic carbocycles. The van der Waals surface area contributed by atoms with Crippen LogP contribution < -0.4 is 9.62 Å². The van der Waals surface area contributed by atoms with Gasteiger partial charge in [-0.25, -0.2) is 8.42 Å². The number of hydrogen-bond donors (Lipinski definition) is 1. The minimum atomic E-state index is -3.22. The predicted molar refractivity (Wildman–Crippen MR) is 89.2 cm³/mol. The van der Waals surface area contributed by atoms with Crippen LogP contribution in [0.2, 0.25) is 0 Å². The molecule has 22 heavy (non-hydrogen) atoms. The first-order valence-electron chi connectivity index (χ1n) is 6.93. The van der Waals surface area contributed by atoms with E-state index in [2.05, 4.69) is 5.32 Å². The monoisotopic (exact) mass is 336 g/mol. The molecule has 1 saturated heterocycles. The normalized spacial score (nSPS) is 16.7. The van der Waals surface area contributed by atoms with E-state index in [4.69, 9.17) is 0 Å². The van der Waals surface area contributed by atoms with Gasteiger partial charge in [0.1, 0.15) is 0 Å². The molecule has 2 aromatic rings. The number of anilines is 2. The van der Waals surface area contributed by atoms with E-state index in [9.17, 15) is 13.2 Å². The van der Waals surface area contributed by atoms with Crippen molar-refractivity contribution in [2.45, 2.75) is 13.3 Å². The van der Waals surface area contributed by atoms with Gasteiger partial charge >= 0.3 is 0 Å². The standard InChI is InChI=1S/C15H16N2O3S2/c1-11-5-6-12(17-7-3-9-22(17,19)20)10-13(11)16-15(18)14-4-2-8-21-14/h2,4-6,8,10H,3,7,9H2,1H3,(H,16,18). The molecule has 0 saturated carbocycles. The van der Waals surface area contributed by atoms with Crippen molar-refractivity contribution >= 4 is 38.6 Å². The molecular formula is C15H16N2O3S2. The van der Waals surface area contributed by atoms with Crippen molar-refractivity contribution in [3.63, 3.8) is 0 Å². The second-order valence-corrected chi connectivity index (χ2v) is 8.13. The topological polar surface area (TPSA) is 66.5 Å². The summed E-state index contributed by atoms with van der Waals surface area (Å²) in [6, 6.07) is 8.90. The number of rotatable bonds is 3. The van der Waals surface area contributed by atoms with E-state index in [1.54, 1.807) is 18.2 Å². The quantitative estimate of drug-likeness (QED) is 0.937. The molecule has 2 heterocycles. The van der Waals surface area contributed by atoms with E-state index in [1.807, 2.05) is 24.4 Å². The molecule has 0 bridgehead atoms. The van der Waals surface area contributed by atoms with Crippen molar-refractivity contribution in [2.24, 2.45) is 0 Å². The van der Waals surface area contributed by atoms with E-state index < -0.39 is 10.0 Å². The van der Waals surface area contributed by atoms with E-state index in [-0.39, 0.29) is 11.7 Å². The number of sulfonamides is 1. The highest BCUT2D eigenvalue weighted by molar-refractivity contribution is 7.93. The van der Waals surface area contributed by atoms with Gasteiger partial charge in [0.25, 0.3) is 5.91 Å². The Hall–Kier alpha value is -1.86. The Kier molecular flexibility index (Phi) is 3.92. The summed E-state index contributed by atoms with van der Waals surface area (Å²) in [6.07, 6.45) is 0.632. The van der Waals surface area contributed by atoms with Gasteiger partial charge < -0.3 is 5.32 Å². The number of thiophene rings is 1. The maximum atomic E-state index is 12.2. The number of hydrogen-bond acceptors (Lipinski definition) is 4. The Balaban J connectivity index is 1.89. The summed E-state index contributed by atoms with van der Waals surface area (Å²) in [7, 11) is -3.22. The summed E-state index contributed by atoms with van der Waals surface area (Å²) in [5, 5.41) is 4.70. The van der Waals surface area contributed by atoms with Gasteiger partial charge in [0, 0.05) is 12.2 Å². The van der Waals surface area contributed by atoms with Crippen LogP contribution in [-0.4, -0.2) is 26.6 Å². The zero-order valence-electron chi connectivity index (χ0n) is 12.1. The van der Waals surface area contributed by atoms with Gasteiger partial charge in [-0.05, 0) is 42.5 Å². The molecule has 0 radical (unpaired) electrons. The van der Waals surface area contributed by atoms with Crippen molar-refractivity contribution in [1.29, 1.82) is 0 Å². The van der Waals surface area contributed by atoms with Crippen LogP contribution in [-0.2, 0) is 10.0 Å². The molecule has 1 amide bonds. The Morgan fingerprint density at radius 2 is 2.14 bits per heavy atom. The second kappa shape index (κ2) is 5.73. The second-order valence-electron chi connectivity index (χ2n) is 5.17. The number of nitrogens with zero attached hydrogens (tertiary/aromatic N) is 1. The van der Waals surface area contributed by atoms with Crippen LogP contribution in [0.25, 0.3) is 0 Å². The maximum absolute atomic E-state index is 12.2. The SMILES string of the molecule is Cc1ccc(N2CCCS2(=O)=O)cc1NC(=O)c1cccs1. The van der Waals surface area contributed by atoms with Crippen molar-refractivity contribution in [3.05, 3.63) is 46.2 Å². The van der Waals surface area contributed by atoms with E-state index in [0.29, 0.717) is 29.2 Å². The maximum Gasteiger partial charge on any atom is 0.265 e. The molecule has 1 aliphatic heterocycles. The fraction of sp³-hybridized carbons (Fsp3) is 0.267. The number of carbonyl (C=O) groups is 1. The number of aryl methyl sites for hydroxylation is 1. The first kappa shape index (κ1) is 15.1. The molecule has 1 fully saturated rings. The highest BCUT2D eigenvalue weighted by Crippen LogP contribution is 2.29. The van der Waals surface area contributed by atoms with Gasteiger partial charge in [0.2, 0.25) is 10.0 Å². The molecular weight excluding hydrogens is 320 g/mol. The molecule has 7 heteroatoms. The smallest absolute Gasteiger partial charge is 0.265 e. The lowest BCUT2D eigenvalue weighted by Gasteiger charge is -2.19. The Morgan fingerprint density at radius 3 is 2.77 bits per heavy atom. The summed E-state index contributed by atoms with van der Waals surface area (Å²) < 4.78 is 25.4. The molecule has 3 rings (SSSR count). The van der Waals surface area contributed by atoms with E-state index >= 15 is 0 Å². The van der Waals surface area contributed by atoms with Crippen LogP contribution in [0.4, 0.5) is 11.4 Å². The van der Waals surface area contributed by atoms with Gasteiger partial charge in [-0.2, -0.15) is 0 Å². The number of nitrogens with one attached hydrogen (secondary N) is 1. The molecule has 1 aromatic heterocycles. The lowest BCUT2D eigenvalue weighted by atomic mass is 10.1. The van der Waals surface area contributed by atoms with Gasteiger partial charge in [-0.15, -0.1) is 11.3 Å². The summed E-state index contributed by atoms with van der Waals surface area (Å²) in [6.45, 7) is 2.37. The lowest BCUT2D eigenvalue weighted by Crippen LogP contribution is -2.25. The zero-order valence-corrected chi connectivity index (χ0v) is 13.7.